The molecule has 1 aromatic carbocycles. The predicted octanol–water partition coefficient (Wildman–Crippen LogP) is 3.15. The number of hydrogen-bond acceptors (Lipinski definition) is 4. The number of carbonyl (C=O) groups excluding carboxylic acids is 1. The van der Waals surface area contributed by atoms with Gasteiger partial charge in [-0.05, 0) is 30.0 Å². The van der Waals surface area contributed by atoms with E-state index in [0.29, 0.717) is 5.69 Å². The number of anilines is 1. The Morgan fingerprint density at radius 2 is 2.08 bits per heavy atom. The van der Waals surface area contributed by atoms with Crippen LogP contribution in [0.15, 0.2) is 30.3 Å². The number of nitro groups is 1. The number of aromatic nitrogens is 2. The van der Waals surface area contributed by atoms with E-state index in [1.807, 2.05) is 0 Å². The van der Waals surface area contributed by atoms with Crippen LogP contribution in [0.4, 0.5) is 24.7 Å². The summed E-state index contributed by atoms with van der Waals surface area (Å²) in [5.74, 6) is -0.849. The average molecular weight is 342 g/mol. The molecular weight excluding hydrogens is 329 g/mol. The van der Waals surface area contributed by atoms with Gasteiger partial charge in [0.15, 0.2) is 0 Å². The van der Waals surface area contributed by atoms with Crippen LogP contribution in [0.1, 0.15) is 17.7 Å². The normalized spacial score (nSPS) is 11.3. The van der Waals surface area contributed by atoms with Crippen molar-refractivity contribution >= 4 is 17.4 Å². The van der Waals surface area contributed by atoms with Crippen LogP contribution >= 0.6 is 0 Å². The monoisotopic (exact) mass is 342 g/mol. The first kappa shape index (κ1) is 17.4. The molecule has 1 aromatic heterocycles. The summed E-state index contributed by atoms with van der Waals surface area (Å²) in [4.78, 5) is 21.8. The lowest BCUT2D eigenvalue weighted by Gasteiger charge is -2.09. The number of nitrogens with one attached hydrogen (secondary N) is 1. The molecule has 0 unspecified atom stereocenters. The largest absolute Gasteiger partial charge is 0.416 e. The van der Waals surface area contributed by atoms with Gasteiger partial charge < -0.3 is 15.4 Å². The third-order valence-electron chi connectivity index (χ3n) is 3.18. The summed E-state index contributed by atoms with van der Waals surface area (Å²) >= 11 is 0. The van der Waals surface area contributed by atoms with Gasteiger partial charge >= 0.3 is 12.0 Å². The Labute approximate surface area is 134 Å². The molecule has 1 amide bonds. The van der Waals surface area contributed by atoms with Crippen molar-refractivity contribution in [3.63, 3.8) is 0 Å². The standard InChI is InChI=1S/C14H13F3N4O3/c1-9-7-12(21(23)24)19-20(9)6-5-13(22)18-11-4-2-3-10(8-11)14(15,16)17/h2-4,7-8H,5-6H2,1H3,(H,18,22). The van der Waals surface area contributed by atoms with Crippen molar-refractivity contribution in [2.24, 2.45) is 0 Å². The van der Waals surface area contributed by atoms with Crippen molar-refractivity contribution in [1.82, 2.24) is 9.78 Å². The SMILES string of the molecule is Cc1cc([N+](=O)[O-])nn1CCC(=O)Nc1cccc(C(F)(F)F)c1. The van der Waals surface area contributed by atoms with Gasteiger partial charge in [-0.1, -0.05) is 6.07 Å². The van der Waals surface area contributed by atoms with Gasteiger partial charge in [0.25, 0.3) is 0 Å². The van der Waals surface area contributed by atoms with Crippen molar-refractivity contribution in [2.75, 3.05) is 5.32 Å². The molecule has 10 heteroatoms. The number of amides is 1. The third kappa shape index (κ3) is 4.31. The fourth-order valence-electron chi connectivity index (χ4n) is 2.01. The quantitative estimate of drug-likeness (QED) is 0.667. The lowest BCUT2D eigenvalue weighted by Crippen LogP contribution is -2.16. The number of aryl methyl sites for hydroxylation is 2. The minimum absolute atomic E-state index is 0.0259. The van der Waals surface area contributed by atoms with E-state index >= 15 is 0 Å². The molecule has 1 heterocycles. The van der Waals surface area contributed by atoms with Crippen molar-refractivity contribution < 1.29 is 22.9 Å². The van der Waals surface area contributed by atoms with Crippen molar-refractivity contribution in [2.45, 2.75) is 26.1 Å². The lowest BCUT2D eigenvalue weighted by atomic mass is 10.2. The zero-order chi connectivity index (χ0) is 17.9. The highest BCUT2D eigenvalue weighted by molar-refractivity contribution is 5.90. The Morgan fingerprint density at radius 3 is 2.67 bits per heavy atom. The minimum Gasteiger partial charge on any atom is -0.358 e. The molecule has 128 valence electrons. The van der Waals surface area contributed by atoms with Gasteiger partial charge in [-0.25, -0.2) is 0 Å². The molecule has 2 aromatic rings. The summed E-state index contributed by atoms with van der Waals surface area (Å²) < 4.78 is 39.1. The first-order valence-corrected chi connectivity index (χ1v) is 6.83. The molecule has 7 nitrogen and oxygen atoms in total. The van der Waals surface area contributed by atoms with Gasteiger partial charge in [-0.3, -0.25) is 4.79 Å². The van der Waals surface area contributed by atoms with Gasteiger partial charge in [-0.15, -0.1) is 0 Å². The fourth-order valence-corrected chi connectivity index (χ4v) is 2.01. The second-order valence-corrected chi connectivity index (χ2v) is 5.00. The van der Waals surface area contributed by atoms with E-state index in [0.717, 1.165) is 12.1 Å². The van der Waals surface area contributed by atoms with E-state index in [1.54, 1.807) is 6.92 Å². The molecule has 0 aliphatic rings. The second-order valence-electron chi connectivity index (χ2n) is 5.00. The Morgan fingerprint density at radius 1 is 1.38 bits per heavy atom. The molecule has 0 aliphatic carbocycles. The molecule has 0 radical (unpaired) electrons. The highest BCUT2D eigenvalue weighted by atomic mass is 19.4. The van der Waals surface area contributed by atoms with E-state index in [2.05, 4.69) is 10.4 Å². The molecule has 2 rings (SSSR count). The van der Waals surface area contributed by atoms with Crippen molar-refractivity contribution in [1.29, 1.82) is 0 Å². The Kier molecular flexibility index (Phi) is 4.86. The summed E-state index contributed by atoms with van der Waals surface area (Å²) in [5, 5.41) is 16.7. The summed E-state index contributed by atoms with van der Waals surface area (Å²) in [5.41, 5.74) is -0.328. The van der Waals surface area contributed by atoms with E-state index in [9.17, 15) is 28.1 Å². The molecule has 0 fully saturated rings. The van der Waals surface area contributed by atoms with E-state index in [-0.39, 0.29) is 24.5 Å². The number of halogens is 3. The zero-order valence-electron chi connectivity index (χ0n) is 12.5. The van der Waals surface area contributed by atoms with Crippen LogP contribution in [0, 0.1) is 17.0 Å². The van der Waals surface area contributed by atoms with Crippen molar-refractivity contribution in [3.8, 4) is 0 Å². The van der Waals surface area contributed by atoms with Crippen molar-refractivity contribution in [3.05, 3.63) is 51.7 Å². The fraction of sp³-hybridized carbons (Fsp3) is 0.286. The maximum Gasteiger partial charge on any atom is 0.416 e. The molecule has 0 saturated heterocycles. The smallest absolute Gasteiger partial charge is 0.358 e. The number of carbonyl (C=O) groups is 1. The van der Waals surface area contributed by atoms with E-state index < -0.39 is 22.6 Å². The number of benzene rings is 1. The molecular formula is C14H13F3N4O3. The number of nitrogens with zero attached hydrogens (tertiary/aromatic N) is 3. The highest BCUT2D eigenvalue weighted by Crippen LogP contribution is 2.30. The Hall–Kier alpha value is -2.91. The minimum atomic E-state index is -4.49. The Balaban J connectivity index is 1.98. The topological polar surface area (TPSA) is 90.1 Å². The maximum atomic E-state index is 12.6. The van der Waals surface area contributed by atoms with Crippen LogP contribution in [0.3, 0.4) is 0 Å². The lowest BCUT2D eigenvalue weighted by molar-refractivity contribution is -0.389. The maximum absolute atomic E-state index is 12.6. The van der Waals surface area contributed by atoms with Crippen LogP contribution in [-0.4, -0.2) is 20.6 Å². The number of alkyl halides is 3. The number of hydrogen-bond donors (Lipinski definition) is 1. The van der Waals surface area contributed by atoms with Crippen LogP contribution in [0.25, 0.3) is 0 Å². The van der Waals surface area contributed by atoms with E-state index in [4.69, 9.17) is 0 Å². The van der Waals surface area contributed by atoms with Crippen LogP contribution in [0.5, 0.6) is 0 Å². The van der Waals surface area contributed by atoms with Gasteiger partial charge in [0, 0.05) is 12.1 Å². The van der Waals surface area contributed by atoms with E-state index in [1.165, 1.54) is 22.9 Å². The second kappa shape index (κ2) is 6.69. The summed E-state index contributed by atoms with van der Waals surface area (Å²) in [6.07, 6.45) is -4.58. The zero-order valence-corrected chi connectivity index (χ0v) is 12.5. The summed E-state index contributed by atoms with van der Waals surface area (Å²) in [7, 11) is 0. The van der Waals surface area contributed by atoms with Crippen LogP contribution < -0.4 is 5.32 Å². The molecule has 0 saturated carbocycles. The van der Waals surface area contributed by atoms with Gasteiger partial charge in [0.1, 0.15) is 0 Å². The molecule has 0 aliphatic heterocycles. The molecule has 0 spiro atoms. The molecule has 1 N–H and O–H groups in total. The first-order chi connectivity index (χ1) is 11.2. The first-order valence-electron chi connectivity index (χ1n) is 6.83. The van der Waals surface area contributed by atoms with Gasteiger partial charge in [0.05, 0.1) is 29.0 Å². The van der Waals surface area contributed by atoms with Gasteiger partial charge in [0.2, 0.25) is 5.91 Å². The molecule has 24 heavy (non-hydrogen) atoms. The number of rotatable bonds is 5. The van der Waals surface area contributed by atoms with Crippen LogP contribution in [0.2, 0.25) is 0 Å². The summed E-state index contributed by atoms with van der Waals surface area (Å²) in [6, 6.07) is 5.55. The third-order valence-corrected chi connectivity index (χ3v) is 3.18. The highest BCUT2D eigenvalue weighted by Gasteiger charge is 2.30. The molecule has 0 atom stereocenters. The predicted molar refractivity (Wildman–Crippen MR) is 78.3 cm³/mol. The molecule has 0 bridgehead atoms. The van der Waals surface area contributed by atoms with Crippen LogP contribution in [-0.2, 0) is 17.5 Å². The summed E-state index contributed by atoms with van der Waals surface area (Å²) in [6.45, 7) is 1.68. The van der Waals surface area contributed by atoms with Gasteiger partial charge in [-0.2, -0.15) is 17.9 Å². The average Bonchev–Trinajstić information content (AvgIpc) is 2.86. The Bertz CT molecular complexity index is 771.